The second kappa shape index (κ2) is 4.98. The Labute approximate surface area is 108 Å². The summed E-state index contributed by atoms with van der Waals surface area (Å²) in [7, 11) is 0. The lowest BCUT2D eigenvalue weighted by molar-refractivity contribution is 0.436. The van der Waals surface area contributed by atoms with E-state index in [0.29, 0.717) is 5.69 Å². The van der Waals surface area contributed by atoms with Crippen LogP contribution in [0.15, 0.2) is 24.3 Å². The number of ether oxygens (including phenoxy) is 1. The molecule has 0 aliphatic heterocycles. The summed E-state index contributed by atoms with van der Waals surface area (Å²) in [5.41, 5.74) is 0.776. The van der Waals surface area contributed by atoms with E-state index in [2.05, 4.69) is 9.97 Å². The van der Waals surface area contributed by atoms with E-state index in [4.69, 9.17) is 21.6 Å². The van der Waals surface area contributed by atoms with E-state index in [-0.39, 0.29) is 22.5 Å². The van der Waals surface area contributed by atoms with Crippen LogP contribution in [0, 0.1) is 24.1 Å². The molecule has 0 spiro atoms. The maximum atomic E-state index is 13.2. The fraction of sp³-hybridized carbons (Fsp3) is 0.0833. The van der Waals surface area contributed by atoms with Crippen molar-refractivity contribution in [3.8, 4) is 17.8 Å². The fourth-order valence-electron chi connectivity index (χ4n) is 1.29. The molecule has 0 N–H and O–H groups in total. The van der Waals surface area contributed by atoms with E-state index in [1.807, 2.05) is 6.07 Å². The van der Waals surface area contributed by atoms with Crippen molar-refractivity contribution in [1.29, 1.82) is 5.26 Å². The van der Waals surface area contributed by atoms with Crippen molar-refractivity contribution < 1.29 is 9.13 Å². The van der Waals surface area contributed by atoms with Crippen LogP contribution in [0.3, 0.4) is 0 Å². The molecular formula is C12H7ClFN3O. The van der Waals surface area contributed by atoms with Crippen molar-refractivity contribution in [2.75, 3.05) is 0 Å². The average Bonchev–Trinajstić information content (AvgIpc) is 2.33. The SMILES string of the molecule is Cc1cc(C#N)nc(Oc2ccc(Cl)c(F)c2)n1. The van der Waals surface area contributed by atoms with Gasteiger partial charge in [-0.2, -0.15) is 10.2 Å². The van der Waals surface area contributed by atoms with E-state index in [1.165, 1.54) is 18.2 Å². The standard InChI is InChI=1S/C12H7ClFN3O/c1-7-4-8(6-15)17-12(16-7)18-9-2-3-10(13)11(14)5-9/h2-5H,1H3. The van der Waals surface area contributed by atoms with Crippen LogP contribution in [0.5, 0.6) is 11.8 Å². The first-order valence-electron chi connectivity index (χ1n) is 4.97. The summed E-state index contributed by atoms with van der Waals surface area (Å²) >= 11 is 5.55. The van der Waals surface area contributed by atoms with Crippen molar-refractivity contribution in [1.82, 2.24) is 9.97 Å². The molecule has 90 valence electrons. The number of hydrogen-bond acceptors (Lipinski definition) is 4. The zero-order valence-corrected chi connectivity index (χ0v) is 10.1. The Morgan fingerprint density at radius 3 is 2.78 bits per heavy atom. The van der Waals surface area contributed by atoms with Crippen molar-refractivity contribution in [3.05, 3.63) is 46.5 Å². The number of rotatable bonds is 2. The minimum atomic E-state index is -0.595. The summed E-state index contributed by atoms with van der Waals surface area (Å²) in [6, 6.07) is 7.39. The van der Waals surface area contributed by atoms with Crippen LogP contribution in [0.1, 0.15) is 11.4 Å². The summed E-state index contributed by atoms with van der Waals surface area (Å²) in [6.07, 6.45) is 0. The van der Waals surface area contributed by atoms with E-state index < -0.39 is 5.82 Å². The Hall–Kier alpha value is -2.19. The summed E-state index contributed by atoms with van der Waals surface area (Å²) in [5.74, 6) is -0.381. The molecule has 0 radical (unpaired) electrons. The lowest BCUT2D eigenvalue weighted by atomic mass is 10.3. The molecule has 0 saturated heterocycles. The lowest BCUT2D eigenvalue weighted by Gasteiger charge is -2.05. The van der Waals surface area contributed by atoms with Gasteiger partial charge >= 0.3 is 6.01 Å². The Morgan fingerprint density at radius 2 is 2.11 bits per heavy atom. The molecule has 0 aliphatic carbocycles. The molecule has 18 heavy (non-hydrogen) atoms. The normalized spacial score (nSPS) is 9.89. The highest BCUT2D eigenvalue weighted by molar-refractivity contribution is 6.30. The van der Waals surface area contributed by atoms with Crippen molar-refractivity contribution >= 4 is 11.6 Å². The third kappa shape index (κ3) is 2.73. The van der Waals surface area contributed by atoms with Gasteiger partial charge in [0.2, 0.25) is 0 Å². The van der Waals surface area contributed by atoms with Crippen LogP contribution < -0.4 is 4.74 Å². The topological polar surface area (TPSA) is 58.8 Å². The molecular weight excluding hydrogens is 257 g/mol. The summed E-state index contributed by atoms with van der Waals surface area (Å²) in [4.78, 5) is 7.84. The quantitative estimate of drug-likeness (QED) is 0.834. The molecule has 0 amide bonds. The number of aromatic nitrogens is 2. The number of halogens is 2. The maximum Gasteiger partial charge on any atom is 0.323 e. The molecule has 2 aromatic rings. The monoisotopic (exact) mass is 263 g/mol. The zero-order valence-electron chi connectivity index (χ0n) is 9.32. The van der Waals surface area contributed by atoms with Crippen LogP contribution in [0.25, 0.3) is 0 Å². The minimum Gasteiger partial charge on any atom is -0.424 e. The van der Waals surface area contributed by atoms with Gasteiger partial charge in [0.1, 0.15) is 23.3 Å². The second-order valence-corrected chi connectivity index (χ2v) is 3.87. The van der Waals surface area contributed by atoms with Gasteiger partial charge in [-0.3, -0.25) is 0 Å². The Balaban J connectivity index is 2.31. The van der Waals surface area contributed by atoms with Gasteiger partial charge in [0.15, 0.2) is 0 Å². The molecule has 2 rings (SSSR count). The zero-order chi connectivity index (χ0) is 13.1. The maximum absolute atomic E-state index is 13.2. The Bertz CT molecular complexity index is 640. The summed E-state index contributed by atoms with van der Waals surface area (Å²) in [6.45, 7) is 1.71. The highest BCUT2D eigenvalue weighted by Gasteiger charge is 2.07. The number of benzene rings is 1. The van der Waals surface area contributed by atoms with Gasteiger partial charge in [0, 0.05) is 11.8 Å². The van der Waals surface area contributed by atoms with Crippen LogP contribution in [-0.2, 0) is 0 Å². The molecule has 1 heterocycles. The molecule has 0 atom stereocenters. The van der Waals surface area contributed by atoms with E-state index in [0.717, 1.165) is 6.07 Å². The summed E-state index contributed by atoms with van der Waals surface area (Å²) < 4.78 is 18.5. The molecule has 4 nitrogen and oxygen atoms in total. The second-order valence-electron chi connectivity index (χ2n) is 3.47. The van der Waals surface area contributed by atoms with E-state index in [1.54, 1.807) is 6.92 Å². The highest BCUT2D eigenvalue weighted by Crippen LogP contribution is 2.23. The van der Waals surface area contributed by atoms with Gasteiger partial charge in [-0.15, -0.1) is 0 Å². The van der Waals surface area contributed by atoms with Gasteiger partial charge in [0.25, 0.3) is 0 Å². The van der Waals surface area contributed by atoms with Crippen LogP contribution in [-0.4, -0.2) is 9.97 Å². The Morgan fingerprint density at radius 1 is 1.33 bits per heavy atom. The van der Waals surface area contributed by atoms with Gasteiger partial charge in [0.05, 0.1) is 5.02 Å². The van der Waals surface area contributed by atoms with Gasteiger partial charge < -0.3 is 4.74 Å². The third-order valence-electron chi connectivity index (χ3n) is 2.05. The van der Waals surface area contributed by atoms with Gasteiger partial charge in [-0.05, 0) is 25.1 Å². The molecule has 1 aromatic carbocycles. The molecule has 0 aliphatic rings. The highest BCUT2D eigenvalue weighted by atomic mass is 35.5. The number of nitriles is 1. The predicted molar refractivity (Wildman–Crippen MR) is 63.0 cm³/mol. The average molecular weight is 264 g/mol. The van der Waals surface area contributed by atoms with Crippen LogP contribution in [0.4, 0.5) is 4.39 Å². The first kappa shape index (κ1) is 12.3. The molecule has 0 unspecified atom stereocenters. The third-order valence-corrected chi connectivity index (χ3v) is 2.35. The van der Waals surface area contributed by atoms with Crippen LogP contribution in [0.2, 0.25) is 5.02 Å². The van der Waals surface area contributed by atoms with Crippen LogP contribution >= 0.6 is 11.6 Å². The predicted octanol–water partition coefficient (Wildman–Crippen LogP) is 3.24. The van der Waals surface area contributed by atoms with Gasteiger partial charge in [-0.1, -0.05) is 11.6 Å². The van der Waals surface area contributed by atoms with E-state index in [9.17, 15) is 4.39 Å². The largest absolute Gasteiger partial charge is 0.424 e. The van der Waals surface area contributed by atoms with Crippen molar-refractivity contribution in [2.45, 2.75) is 6.92 Å². The smallest absolute Gasteiger partial charge is 0.323 e. The molecule has 0 fully saturated rings. The van der Waals surface area contributed by atoms with Crippen molar-refractivity contribution in [3.63, 3.8) is 0 Å². The number of nitrogens with zero attached hydrogens (tertiary/aromatic N) is 3. The van der Waals surface area contributed by atoms with E-state index >= 15 is 0 Å². The molecule has 6 heteroatoms. The summed E-state index contributed by atoms with van der Waals surface area (Å²) in [5, 5.41) is 8.76. The number of hydrogen-bond donors (Lipinski definition) is 0. The molecule has 0 bridgehead atoms. The molecule has 0 saturated carbocycles. The van der Waals surface area contributed by atoms with Gasteiger partial charge in [-0.25, -0.2) is 9.37 Å². The first-order chi connectivity index (χ1) is 8.58. The minimum absolute atomic E-state index is 0.00484. The Kier molecular flexibility index (Phi) is 3.40. The first-order valence-corrected chi connectivity index (χ1v) is 5.35. The fourth-order valence-corrected chi connectivity index (χ4v) is 1.41. The van der Waals surface area contributed by atoms with Crippen molar-refractivity contribution in [2.24, 2.45) is 0 Å². The molecule has 1 aromatic heterocycles. The number of aryl methyl sites for hydroxylation is 1. The lowest BCUT2D eigenvalue weighted by Crippen LogP contribution is -1.96.